The van der Waals surface area contributed by atoms with Crippen molar-refractivity contribution in [2.24, 2.45) is 5.92 Å². The number of amides is 1. The number of hydrogen-bond acceptors (Lipinski definition) is 3. The number of likely N-dealkylation sites (tertiary alicyclic amines) is 1. The molecule has 0 aromatic heterocycles. The quantitative estimate of drug-likeness (QED) is 0.791. The molecule has 0 bridgehead atoms. The Hall–Kier alpha value is -2.18. The van der Waals surface area contributed by atoms with Gasteiger partial charge in [-0.05, 0) is 38.5 Å². The first-order valence-corrected chi connectivity index (χ1v) is 7.94. The molecule has 1 fully saturated rings. The van der Waals surface area contributed by atoms with Gasteiger partial charge in [0.05, 0.1) is 12.2 Å². The van der Waals surface area contributed by atoms with E-state index in [1.165, 1.54) is 12.1 Å². The average Bonchev–Trinajstić information content (AvgIpc) is 2.42. The van der Waals surface area contributed by atoms with Crippen LogP contribution in [0, 0.1) is 5.92 Å². The van der Waals surface area contributed by atoms with Gasteiger partial charge in [0.2, 0.25) is 0 Å². The Morgan fingerprint density at radius 1 is 1.32 bits per heavy atom. The molecule has 1 aliphatic heterocycles. The Kier molecular flexibility index (Phi) is 5.34. The van der Waals surface area contributed by atoms with Gasteiger partial charge >= 0.3 is 12.3 Å². The number of carbonyl (C=O) groups is 1. The molecule has 0 radical (unpaired) electrons. The van der Waals surface area contributed by atoms with Gasteiger partial charge in [-0.25, -0.2) is 4.79 Å². The van der Waals surface area contributed by atoms with Crippen molar-refractivity contribution in [1.82, 2.24) is 4.90 Å². The molecule has 0 aliphatic carbocycles. The van der Waals surface area contributed by atoms with E-state index >= 15 is 0 Å². The van der Waals surface area contributed by atoms with Gasteiger partial charge in [-0.2, -0.15) is 13.2 Å². The summed E-state index contributed by atoms with van der Waals surface area (Å²) >= 11 is 0. The monoisotopic (exact) mass is 357 g/mol. The summed E-state index contributed by atoms with van der Waals surface area (Å²) < 4.78 is 49.7. The normalized spacial score (nSPS) is 15.5. The summed E-state index contributed by atoms with van der Waals surface area (Å²) in [5, 5.41) is 0. The van der Waals surface area contributed by atoms with Crippen LogP contribution in [0.25, 0.3) is 6.08 Å². The molecule has 1 amide bonds. The topological polar surface area (TPSA) is 38.8 Å². The lowest BCUT2D eigenvalue weighted by molar-refractivity contribution is -0.137. The van der Waals surface area contributed by atoms with Crippen molar-refractivity contribution in [3.63, 3.8) is 0 Å². The van der Waals surface area contributed by atoms with Crippen LogP contribution in [0.4, 0.5) is 18.0 Å². The van der Waals surface area contributed by atoms with Crippen molar-refractivity contribution < 1.29 is 27.4 Å². The maximum Gasteiger partial charge on any atom is 0.417 e. The molecular formula is C18H22F3NO3. The average molecular weight is 357 g/mol. The maximum atomic E-state index is 13.0. The van der Waals surface area contributed by atoms with Gasteiger partial charge in [0, 0.05) is 19.0 Å². The fourth-order valence-corrected chi connectivity index (χ4v) is 2.41. The summed E-state index contributed by atoms with van der Waals surface area (Å²) in [5.74, 6) is 0.217. The van der Waals surface area contributed by atoms with Crippen molar-refractivity contribution in [3.05, 3.63) is 35.9 Å². The van der Waals surface area contributed by atoms with Crippen LogP contribution in [0.15, 0.2) is 24.8 Å². The Morgan fingerprint density at radius 2 is 1.96 bits per heavy atom. The minimum Gasteiger partial charge on any atom is -0.493 e. The first-order valence-electron chi connectivity index (χ1n) is 7.94. The Bertz CT molecular complexity index is 644. The number of halogens is 3. The van der Waals surface area contributed by atoms with Crippen molar-refractivity contribution in [2.75, 3.05) is 19.7 Å². The highest BCUT2D eigenvalue weighted by molar-refractivity contribution is 5.69. The Balaban J connectivity index is 1.88. The number of hydrogen-bond donors (Lipinski definition) is 0. The van der Waals surface area contributed by atoms with E-state index in [2.05, 4.69) is 6.58 Å². The van der Waals surface area contributed by atoms with E-state index in [4.69, 9.17) is 9.47 Å². The zero-order valence-corrected chi connectivity index (χ0v) is 14.5. The van der Waals surface area contributed by atoms with Gasteiger partial charge in [-0.1, -0.05) is 18.7 Å². The van der Waals surface area contributed by atoms with E-state index in [0.29, 0.717) is 13.1 Å². The third-order valence-electron chi connectivity index (χ3n) is 3.64. The predicted molar refractivity (Wildman–Crippen MR) is 88.3 cm³/mol. The number of benzene rings is 1. The minimum absolute atomic E-state index is 0.0135. The molecule has 4 nitrogen and oxygen atoms in total. The lowest BCUT2D eigenvalue weighted by Crippen LogP contribution is -2.53. The molecule has 1 aromatic carbocycles. The number of alkyl halides is 3. The molecule has 0 atom stereocenters. The molecule has 1 saturated heterocycles. The molecule has 2 rings (SSSR count). The second kappa shape index (κ2) is 6.98. The molecule has 7 heteroatoms. The van der Waals surface area contributed by atoms with Crippen LogP contribution in [0.5, 0.6) is 5.75 Å². The van der Waals surface area contributed by atoms with E-state index in [9.17, 15) is 18.0 Å². The molecule has 1 heterocycles. The number of nitrogens with zero attached hydrogens (tertiary/aromatic N) is 1. The number of carbonyl (C=O) groups excluding carboxylic acids is 1. The van der Waals surface area contributed by atoms with Gasteiger partial charge in [0.25, 0.3) is 0 Å². The fraction of sp³-hybridized carbons (Fsp3) is 0.500. The Labute approximate surface area is 145 Å². The highest BCUT2D eigenvalue weighted by Gasteiger charge is 2.35. The lowest BCUT2D eigenvalue weighted by Gasteiger charge is -2.39. The summed E-state index contributed by atoms with van der Waals surface area (Å²) in [6.07, 6.45) is -3.69. The van der Waals surface area contributed by atoms with Gasteiger partial charge in [0.15, 0.2) is 0 Å². The molecule has 0 N–H and O–H groups in total. The highest BCUT2D eigenvalue weighted by atomic mass is 19.4. The van der Waals surface area contributed by atoms with Gasteiger partial charge in [0.1, 0.15) is 11.4 Å². The zero-order chi connectivity index (χ0) is 18.8. The lowest BCUT2D eigenvalue weighted by atomic mass is 10.0. The fourth-order valence-electron chi connectivity index (χ4n) is 2.41. The largest absolute Gasteiger partial charge is 0.493 e. The van der Waals surface area contributed by atoms with Crippen LogP contribution >= 0.6 is 0 Å². The van der Waals surface area contributed by atoms with Gasteiger partial charge in [-0.3, -0.25) is 0 Å². The minimum atomic E-state index is -4.47. The first kappa shape index (κ1) is 19.1. The van der Waals surface area contributed by atoms with Crippen molar-refractivity contribution in [2.45, 2.75) is 32.5 Å². The molecule has 25 heavy (non-hydrogen) atoms. The van der Waals surface area contributed by atoms with E-state index in [1.807, 2.05) is 0 Å². The third-order valence-corrected chi connectivity index (χ3v) is 3.64. The predicted octanol–water partition coefficient (Wildman–Crippen LogP) is 4.59. The second-order valence-corrected chi connectivity index (χ2v) is 7.01. The molecule has 1 aromatic rings. The van der Waals surface area contributed by atoms with Gasteiger partial charge < -0.3 is 14.4 Å². The molecular weight excluding hydrogens is 335 g/mol. The second-order valence-electron chi connectivity index (χ2n) is 7.01. The molecule has 1 aliphatic rings. The van der Waals surface area contributed by atoms with Crippen molar-refractivity contribution in [1.29, 1.82) is 0 Å². The first-order chi connectivity index (χ1) is 11.5. The molecule has 138 valence electrons. The van der Waals surface area contributed by atoms with Crippen molar-refractivity contribution in [3.8, 4) is 5.75 Å². The number of ether oxygens (including phenoxy) is 2. The molecule has 0 spiro atoms. The van der Waals surface area contributed by atoms with E-state index in [1.54, 1.807) is 25.7 Å². The van der Waals surface area contributed by atoms with Crippen LogP contribution in [-0.4, -0.2) is 36.3 Å². The van der Waals surface area contributed by atoms with E-state index < -0.39 is 23.4 Å². The van der Waals surface area contributed by atoms with E-state index in [0.717, 1.165) is 12.1 Å². The standard InChI is InChI=1S/C18H22F3NO3/c1-5-13-6-7-14(8-15(13)18(19,20)21)24-11-12-9-22(10-12)16(23)25-17(2,3)4/h5-8,12H,1,9-11H2,2-4H3. The molecule has 0 unspecified atom stereocenters. The third kappa shape index (κ3) is 5.14. The summed E-state index contributed by atoms with van der Waals surface area (Å²) in [7, 11) is 0. The summed E-state index contributed by atoms with van der Waals surface area (Å²) in [5.41, 5.74) is -1.32. The smallest absolute Gasteiger partial charge is 0.417 e. The highest BCUT2D eigenvalue weighted by Crippen LogP contribution is 2.35. The molecule has 0 saturated carbocycles. The Morgan fingerprint density at radius 3 is 2.48 bits per heavy atom. The van der Waals surface area contributed by atoms with Crippen molar-refractivity contribution >= 4 is 12.2 Å². The summed E-state index contributed by atoms with van der Waals surface area (Å²) in [6, 6.07) is 3.79. The number of rotatable bonds is 4. The van der Waals surface area contributed by atoms with E-state index in [-0.39, 0.29) is 23.8 Å². The summed E-state index contributed by atoms with van der Waals surface area (Å²) in [6.45, 7) is 9.92. The van der Waals surface area contributed by atoms with Crippen LogP contribution in [0.2, 0.25) is 0 Å². The van der Waals surface area contributed by atoms with Gasteiger partial charge in [-0.15, -0.1) is 0 Å². The van der Waals surface area contributed by atoms with Crippen LogP contribution in [0.1, 0.15) is 31.9 Å². The van der Waals surface area contributed by atoms with Crippen LogP contribution < -0.4 is 4.74 Å². The summed E-state index contributed by atoms with van der Waals surface area (Å²) in [4.78, 5) is 13.4. The maximum absolute atomic E-state index is 13.0. The zero-order valence-electron chi connectivity index (χ0n) is 14.5. The van der Waals surface area contributed by atoms with Crippen LogP contribution in [0.3, 0.4) is 0 Å². The van der Waals surface area contributed by atoms with Crippen LogP contribution in [-0.2, 0) is 10.9 Å². The SMILES string of the molecule is C=Cc1ccc(OCC2CN(C(=O)OC(C)(C)C)C2)cc1C(F)(F)F.